The van der Waals surface area contributed by atoms with Crippen molar-refractivity contribution >= 4 is 0 Å². The van der Waals surface area contributed by atoms with Gasteiger partial charge >= 0.3 is 6.18 Å². The zero-order valence-corrected chi connectivity index (χ0v) is 11.5. The number of ether oxygens (including phenoxy) is 1. The molecular weight excluding hydrogens is 273 g/mol. The first-order chi connectivity index (χ1) is 9.32. The van der Waals surface area contributed by atoms with Crippen molar-refractivity contribution in [3.8, 4) is 0 Å². The Hall–Kier alpha value is -1.18. The van der Waals surface area contributed by atoms with E-state index in [-0.39, 0.29) is 25.5 Å². The van der Waals surface area contributed by atoms with Gasteiger partial charge in [-0.15, -0.1) is 0 Å². The van der Waals surface area contributed by atoms with Gasteiger partial charge in [0, 0.05) is 32.0 Å². The number of aliphatic hydroxyl groups excluding tert-OH is 1. The number of alkyl halides is 3. The smallest absolute Gasteiger partial charge is 0.396 e. The number of halogens is 3. The molecule has 1 heterocycles. The predicted octanol–water partition coefficient (Wildman–Crippen LogP) is 1.98. The fourth-order valence-corrected chi connectivity index (χ4v) is 1.91. The lowest BCUT2D eigenvalue weighted by atomic mass is 9.99. The molecule has 4 nitrogen and oxygen atoms in total. The summed E-state index contributed by atoms with van der Waals surface area (Å²) < 4.78 is 43.5. The predicted molar refractivity (Wildman–Crippen MR) is 68.1 cm³/mol. The minimum atomic E-state index is -4.43. The van der Waals surface area contributed by atoms with Crippen molar-refractivity contribution in [2.24, 2.45) is 0 Å². The molecule has 0 aromatic carbocycles. The second-order valence-corrected chi connectivity index (χ2v) is 4.82. The number of aromatic nitrogens is 1. The van der Waals surface area contributed by atoms with E-state index in [2.05, 4.69) is 10.3 Å². The molecule has 7 heteroatoms. The van der Waals surface area contributed by atoms with E-state index in [9.17, 15) is 13.2 Å². The lowest BCUT2D eigenvalue weighted by Gasteiger charge is -2.30. The second kappa shape index (κ2) is 7.01. The highest BCUT2D eigenvalue weighted by atomic mass is 19.4. The van der Waals surface area contributed by atoms with E-state index in [1.807, 2.05) is 0 Å². The fraction of sp³-hybridized carbons (Fsp3) is 0.615. The van der Waals surface area contributed by atoms with Crippen molar-refractivity contribution in [1.29, 1.82) is 0 Å². The summed E-state index contributed by atoms with van der Waals surface area (Å²) in [7, 11) is 1.50. The van der Waals surface area contributed by atoms with Gasteiger partial charge in [0.05, 0.1) is 17.9 Å². The number of nitrogens with zero attached hydrogens (tertiary/aromatic N) is 1. The van der Waals surface area contributed by atoms with Crippen molar-refractivity contribution < 1.29 is 23.0 Å². The number of rotatable bonds is 7. The van der Waals surface area contributed by atoms with Crippen LogP contribution in [0.2, 0.25) is 0 Å². The van der Waals surface area contributed by atoms with Crippen molar-refractivity contribution in [3.63, 3.8) is 0 Å². The zero-order valence-electron chi connectivity index (χ0n) is 11.5. The Bertz CT molecular complexity index is 418. The first-order valence-electron chi connectivity index (χ1n) is 6.18. The summed E-state index contributed by atoms with van der Waals surface area (Å²) in [5.41, 5.74) is -1.43. The van der Waals surface area contributed by atoms with Gasteiger partial charge in [0.1, 0.15) is 0 Å². The molecule has 0 bridgehead atoms. The Morgan fingerprint density at radius 2 is 2.10 bits per heavy atom. The number of aliphatic hydroxyl groups is 1. The maximum absolute atomic E-state index is 12.8. The minimum absolute atomic E-state index is 0.0461. The highest BCUT2D eigenvalue weighted by molar-refractivity contribution is 5.23. The molecule has 1 atom stereocenters. The van der Waals surface area contributed by atoms with Crippen LogP contribution in [-0.2, 0) is 17.5 Å². The highest BCUT2D eigenvalue weighted by Crippen LogP contribution is 2.31. The van der Waals surface area contributed by atoms with Gasteiger partial charge in [-0.3, -0.25) is 4.98 Å². The van der Waals surface area contributed by atoms with Crippen molar-refractivity contribution in [3.05, 3.63) is 29.6 Å². The molecule has 0 aliphatic carbocycles. The zero-order chi connectivity index (χ0) is 15.2. The summed E-state index contributed by atoms with van der Waals surface area (Å²) in [5, 5.41) is 12.0. The molecule has 1 aromatic rings. The van der Waals surface area contributed by atoms with Crippen LogP contribution in [0.25, 0.3) is 0 Å². The third kappa shape index (κ3) is 4.73. The van der Waals surface area contributed by atoms with Crippen LogP contribution in [0.5, 0.6) is 0 Å². The Kier molecular flexibility index (Phi) is 5.91. The molecular formula is C13H19F3N2O2. The SMILES string of the molecule is COCC(C)(CCO)NCc1ncccc1C(F)(F)F. The molecule has 0 fully saturated rings. The van der Waals surface area contributed by atoms with E-state index >= 15 is 0 Å². The summed E-state index contributed by atoms with van der Waals surface area (Å²) in [5.74, 6) is 0. The molecule has 0 radical (unpaired) electrons. The molecule has 0 amide bonds. The monoisotopic (exact) mass is 292 g/mol. The van der Waals surface area contributed by atoms with Gasteiger partial charge in [0.25, 0.3) is 0 Å². The summed E-state index contributed by atoms with van der Waals surface area (Å²) in [6.45, 7) is 1.93. The van der Waals surface area contributed by atoms with Gasteiger partial charge in [-0.2, -0.15) is 13.2 Å². The maximum Gasteiger partial charge on any atom is 0.418 e. The molecule has 114 valence electrons. The van der Waals surface area contributed by atoms with Gasteiger partial charge in [-0.05, 0) is 25.5 Å². The first kappa shape index (κ1) is 16.9. The number of hydrogen-bond donors (Lipinski definition) is 2. The van der Waals surface area contributed by atoms with Crippen LogP contribution >= 0.6 is 0 Å². The van der Waals surface area contributed by atoms with Gasteiger partial charge in [-0.1, -0.05) is 0 Å². The number of nitrogens with one attached hydrogen (secondary N) is 1. The van der Waals surface area contributed by atoms with Crippen LogP contribution in [-0.4, -0.2) is 36.0 Å². The van der Waals surface area contributed by atoms with Gasteiger partial charge < -0.3 is 15.2 Å². The molecule has 1 aromatic heterocycles. The Morgan fingerprint density at radius 3 is 2.65 bits per heavy atom. The van der Waals surface area contributed by atoms with Crippen molar-refractivity contribution in [2.45, 2.75) is 31.6 Å². The Morgan fingerprint density at radius 1 is 1.40 bits per heavy atom. The van der Waals surface area contributed by atoms with Crippen LogP contribution in [0.4, 0.5) is 13.2 Å². The molecule has 1 unspecified atom stereocenters. The first-order valence-corrected chi connectivity index (χ1v) is 6.18. The lowest BCUT2D eigenvalue weighted by molar-refractivity contribution is -0.138. The largest absolute Gasteiger partial charge is 0.418 e. The number of hydrogen-bond acceptors (Lipinski definition) is 4. The van der Waals surface area contributed by atoms with Gasteiger partial charge in [0.15, 0.2) is 0 Å². The summed E-state index contributed by atoms with van der Waals surface area (Å²) in [4.78, 5) is 3.78. The third-order valence-corrected chi connectivity index (χ3v) is 3.00. The fourth-order valence-electron chi connectivity index (χ4n) is 1.91. The Labute approximate surface area is 116 Å². The van der Waals surface area contributed by atoms with Crippen LogP contribution in [0, 0.1) is 0 Å². The maximum atomic E-state index is 12.8. The van der Waals surface area contributed by atoms with E-state index < -0.39 is 17.3 Å². The van der Waals surface area contributed by atoms with Gasteiger partial charge in [0.2, 0.25) is 0 Å². The number of pyridine rings is 1. The third-order valence-electron chi connectivity index (χ3n) is 3.00. The average Bonchev–Trinajstić information content (AvgIpc) is 2.36. The molecule has 2 N–H and O–H groups in total. The van der Waals surface area contributed by atoms with Crippen LogP contribution in [0.15, 0.2) is 18.3 Å². The molecule has 0 saturated heterocycles. The molecule has 20 heavy (non-hydrogen) atoms. The van der Waals surface area contributed by atoms with E-state index in [4.69, 9.17) is 9.84 Å². The van der Waals surface area contributed by atoms with Gasteiger partial charge in [-0.25, -0.2) is 0 Å². The van der Waals surface area contributed by atoms with E-state index in [0.29, 0.717) is 6.42 Å². The molecule has 0 aliphatic rings. The average molecular weight is 292 g/mol. The summed E-state index contributed by atoms with van der Waals surface area (Å²) in [6, 6.07) is 2.26. The topological polar surface area (TPSA) is 54.4 Å². The minimum Gasteiger partial charge on any atom is -0.396 e. The van der Waals surface area contributed by atoms with E-state index in [1.165, 1.54) is 19.4 Å². The van der Waals surface area contributed by atoms with E-state index in [0.717, 1.165) is 6.07 Å². The van der Waals surface area contributed by atoms with Crippen LogP contribution in [0.1, 0.15) is 24.6 Å². The summed E-state index contributed by atoms with van der Waals surface area (Å²) >= 11 is 0. The molecule has 0 aliphatic heterocycles. The molecule has 1 rings (SSSR count). The summed E-state index contributed by atoms with van der Waals surface area (Å²) in [6.07, 6.45) is -2.74. The van der Waals surface area contributed by atoms with Crippen molar-refractivity contribution in [1.82, 2.24) is 10.3 Å². The standard InChI is InChI=1S/C13H19F3N2O2/c1-12(5-7-19,9-20-2)18-8-11-10(13(14,15)16)4-3-6-17-11/h3-4,6,18-19H,5,7-9H2,1-2H3. The Balaban J connectivity index is 2.83. The quantitative estimate of drug-likeness (QED) is 0.807. The normalized spacial score (nSPS) is 15.1. The van der Waals surface area contributed by atoms with Crippen LogP contribution in [0.3, 0.4) is 0 Å². The second-order valence-electron chi connectivity index (χ2n) is 4.82. The molecule has 0 spiro atoms. The number of methoxy groups -OCH3 is 1. The van der Waals surface area contributed by atoms with E-state index in [1.54, 1.807) is 6.92 Å². The molecule has 0 saturated carbocycles. The van der Waals surface area contributed by atoms with Crippen molar-refractivity contribution in [2.75, 3.05) is 20.3 Å². The highest BCUT2D eigenvalue weighted by Gasteiger charge is 2.34. The van der Waals surface area contributed by atoms with Crippen LogP contribution < -0.4 is 5.32 Å². The lowest BCUT2D eigenvalue weighted by Crippen LogP contribution is -2.46.